The first-order chi connectivity index (χ1) is 13.5. The lowest BCUT2D eigenvalue weighted by molar-refractivity contribution is -0.384. The Hall–Kier alpha value is -3.21. The summed E-state index contributed by atoms with van der Waals surface area (Å²) in [7, 11) is 1.47. The Bertz CT molecular complexity index is 966. The van der Waals surface area contributed by atoms with Crippen LogP contribution in [0, 0.1) is 10.1 Å². The number of nitrogens with zero attached hydrogens (tertiary/aromatic N) is 3. The average Bonchev–Trinajstić information content (AvgIpc) is 3.15. The van der Waals surface area contributed by atoms with E-state index in [1.807, 2.05) is 0 Å². The van der Waals surface area contributed by atoms with Gasteiger partial charge in [-0.1, -0.05) is 11.8 Å². The third kappa shape index (κ3) is 4.74. The highest BCUT2D eigenvalue weighted by atomic mass is 32.2. The number of nitro groups is 1. The quantitative estimate of drug-likeness (QED) is 0.303. The monoisotopic (exact) mass is 409 g/mol. The maximum atomic E-state index is 12.2. The number of thioether (sulfide) groups is 1. The van der Waals surface area contributed by atoms with E-state index in [1.54, 1.807) is 0 Å². The Balaban J connectivity index is 1.70. The van der Waals surface area contributed by atoms with E-state index in [1.165, 1.54) is 61.3 Å². The number of methoxy groups -OCH3 is 1. The number of non-ortho nitro benzene ring substituents is 1. The molecule has 0 saturated heterocycles. The van der Waals surface area contributed by atoms with Crippen LogP contribution in [0.3, 0.4) is 0 Å². The van der Waals surface area contributed by atoms with Crippen LogP contribution in [0.15, 0.2) is 52.1 Å². The molecular weight excluding hydrogens is 396 g/mol. The Kier molecular flexibility index (Phi) is 6.04. The molecule has 0 aliphatic rings. The Morgan fingerprint density at radius 3 is 2.61 bits per heavy atom. The smallest absolute Gasteiger partial charge is 0.387 e. The fraction of sp³-hybridized carbons (Fsp3) is 0.176. The van der Waals surface area contributed by atoms with Crippen LogP contribution in [-0.2, 0) is 5.75 Å². The second-order valence-electron chi connectivity index (χ2n) is 5.32. The fourth-order valence-electron chi connectivity index (χ4n) is 2.29. The van der Waals surface area contributed by atoms with Crippen molar-refractivity contribution in [3.8, 4) is 23.0 Å². The van der Waals surface area contributed by atoms with Crippen LogP contribution in [-0.4, -0.2) is 28.8 Å². The molecule has 28 heavy (non-hydrogen) atoms. The number of ether oxygens (including phenoxy) is 2. The summed E-state index contributed by atoms with van der Waals surface area (Å²) in [6.07, 6.45) is 0. The van der Waals surface area contributed by atoms with Crippen LogP contribution >= 0.6 is 11.8 Å². The summed E-state index contributed by atoms with van der Waals surface area (Å²) in [5.74, 6) is 1.04. The third-order valence-electron chi connectivity index (χ3n) is 3.56. The topological polar surface area (TPSA) is 101 Å². The molecule has 1 aromatic heterocycles. The summed E-state index contributed by atoms with van der Waals surface area (Å²) in [4.78, 5) is 10.5. The molecule has 3 rings (SSSR count). The highest BCUT2D eigenvalue weighted by molar-refractivity contribution is 7.98. The van der Waals surface area contributed by atoms with Crippen molar-refractivity contribution in [3.63, 3.8) is 0 Å². The SMILES string of the molecule is COc1ccc([N+](=O)[O-])cc1CSc1nnc(-c2ccc(OC(F)F)cc2)o1. The minimum absolute atomic E-state index is 0.0191. The zero-order chi connectivity index (χ0) is 20.1. The lowest BCUT2D eigenvalue weighted by Gasteiger charge is -2.06. The number of hydrogen-bond acceptors (Lipinski definition) is 8. The number of alkyl halides is 2. The van der Waals surface area contributed by atoms with Crippen molar-refractivity contribution in [2.75, 3.05) is 7.11 Å². The molecule has 0 unspecified atom stereocenters. The molecule has 0 spiro atoms. The molecule has 3 aromatic rings. The van der Waals surface area contributed by atoms with Gasteiger partial charge in [0, 0.05) is 29.0 Å². The zero-order valence-electron chi connectivity index (χ0n) is 14.4. The van der Waals surface area contributed by atoms with Crippen molar-refractivity contribution < 1.29 is 27.6 Å². The molecule has 0 saturated carbocycles. The number of hydrogen-bond donors (Lipinski definition) is 0. The Morgan fingerprint density at radius 2 is 1.96 bits per heavy atom. The normalized spacial score (nSPS) is 10.9. The molecule has 8 nitrogen and oxygen atoms in total. The Morgan fingerprint density at radius 1 is 1.21 bits per heavy atom. The minimum atomic E-state index is -2.90. The van der Waals surface area contributed by atoms with Gasteiger partial charge in [-0.3, -0.25) is 10.1 Å². The first-order valence-corrected chi connectivity index (χ1v) is 8.77. The molecule has 146 valence electrons. The molecule has 0 amide bonds. The van der Waals surface area contributed by atoms with Crippen LogP contribution in [0.4, 0.5) is 14.5 Å². The third-order valence-corrected chi connectivity index (χ3v) is 4.43. The minimum Gasteiger partial charge on any atom is -0.496 e. The van der Waals surface area contributed by atoms with Crippen molar-refractivity contribution in [1.29, 1.82) is 0 Å². The van der Waals surface area contributed by atoms with Crippen LogP contribution in [0.25, 0.3) is 11.5 Å². The van der Waals surface area contributed by atoms with Gasteiger partial charge >= 0.3 is 6.61 Å². The number of halogens is 2. The molecule has 0 aliphatic heterocycles. The molecule has 0 aliphatic carbocycles. The number of aromatic nitrogens is 2. The lowest BCUT2D eigenvalue weighted by Crippen LogP contribution is -2.01. The summed E-state index contributed by atoms with van der Waals surface area (Å²) in [5.41, 5.74) is 1.09. The first-order valence-electron chi connectivity index (χ1n) is 7.79. The fourth-order valence-corrected chi connectivity index (χ4v) is 3.04. The predicted molar refractivity (Wildman–Crippen MR) is 95.6 cm³/mol. The molecule has 0 fully saturated rings. The molecule has 0 bridgehead atoms. The molecule has 0 atom stereocenters. The van der Waals surface area contributed by atoms with Crippen LogP contribution < -0.4 is 9.47 Å². The summed E-state index contributed by atoms with van der Waals surface area (Å²) < 4.78 is 39.4. The van der Waals surface area contributed by atoms with Gasteiger partial charge in [-0.15, -0.1) is 10.2 Å². The van der Waals surface area contributed by atoms with E-state index in [0.29, 0.717) is 22.6 Å². The van der Waals surface area contributed by atoms with Crippen molar-refractivity contribution in [2.45, 2.75) is 17.6 Å². The summed E-state index contributed by atoms with van der Waals surface area (Å²) in [5, 5.41) is 19.0. The molecule has 0 radical (unpaired) electrons. The summed E-state index contributed by atoms with van der Waals surface area (Å²) in [6, 6.07) is 10.1. The maximum absolute atomic E-state index is 12.2. The number of rotatable bonds is 8. The van der Waals surface area contributed by atoms with E-state index >= 15 is 0 Å². The standard InChI is InChI=1S/C17H13F2N3O5S/c1-25-14-7-4-12(22(23)24)8-11(14)9-28-17-21-20-15(27-17)10-2-5-13(6-3-10)26-16(18)19/h2-8,16H,9H2,1H3. The molecule has 11 heteroatoms. The lowest BCUT2D eigenvalue weighted by atomic mass is 10.2. The van der Waals surface area contributed by atoms with Gasteiger partial charge in [0.15, 0.2) is 0 Å². The van der Waals surface area contributed by atoms with Gasteiger partial charge in [0.2, 0.25) is 5.89 Å². The van der Waals surface area contributed by atoms with Gasteiger partial charge in [-0.2, -0.15) is 8.78 Å². The van der Waals surface area contributed by atoms with E-state index in [4.69, 9.17) is 9.15 Å². The van der Waals surface area contributed by atoms with Gasteiger partial charge in [0.05, 0.1) is 12.0 Å². The molecule has 0 N–H and O–H groups in total. The van der Waals surface area contributed by atoms with Gasteiger partial charge in [0.25, 0.3) is 10.9 Å². The van der Waals surface area contributed by atoms with E-state index < -0.39 is 11.5 Å². The van der Waals surface area contributed by atoms with E-state index in [-0.39, 0.29) is 22.6 Å². The highest BCUT2D eigenvalue weighted by Crippen LogP contribution is 2.31. The van der Waals surface area contributed by atoms with E-state index in [0.717, 1.165) is 0 Å². The first kappa shape index (κ1) is 19.5. The summed E-state index contributed by atoms with van der Waals surface area (Å²) in [6.45, 7) is -2.90. The van der Waals surface area contributed by atoms with E-state index in [2.05, 4.69) is 14.9 Å². The van der Waals surface area contributed by atoms with Crippen LogP contribution in [0.1, 0.15) is 5.56 Å². The number of nitro benzene ring substituents is 1. The summed E-state index contributed by atoms with van der Waals surface area (Å²) >= 11 is 1.18. The second-order valence-corrected chi connectivity index (χ2v) is 6.24. The highest BCUT2D eigenvalue weighted by Gasteiger charge is 2.15. The second kappa shape index (κ2) is 8.65. The predicted octanol–water partition coefficient (Wildman–Crippen LogP) is 4.55. The maximum Gasteiger partial charge on any atom is 0.387 e. The van der Waals surface area contributed by atoms with Crippen molar-refractivity contribution >= 4 is 17.4 Å². The molecule has 2 aromatic carbocycles. The van der Waals surface area contributed by atoms with Crippen LogP contribution in [0.5, 0.6) is 11.5 Å². The van der Waals surface area contributed by atoms with Crippen molar-refractivity contribution in [3.05, 3.63) is 58.1 Å². The average molecular weight is 409 g/mol. The molecular formula is C17H13F2N3O5S. The number of benzene rings is 2. The zero-order valence-corrected chi connectivity index (χ0v) is 15.2. The van der Waals surface area contributed by atoms with E-state index in [9.17, 15) is 18.9 Å². The molecule has 1 heterocycles. The van der Waals surface area contributed by atoms with Gasteiger partial charge in [0.1, 0.15) is 11.5 Å². The van der Waals surface area contributed by atoms with Crippen LogP contribution in [0.2, 0.25) is 0 Å². The van der Waals surface area contributed by atoms with Gasteiger partial charge < -0.3 is 13.9 Å². The van der Waals surface area contributed by atoms with Crippen molar-refractivity contribution in [1.82, 2.24) is 10.2 Å². The van der Waals surface area contributed by atoms with Gasteiger partial charge in [-0.25, -0.2) is 0 Å². The van der Waals surface area contributed by atoms with Gasteiger partial charge in [-0.05, 0) is 30.3 Å². The largest absolute Gasteiger partial charge is 0.496 e. The van der Waals surface area contributed by atoms with Crippen molar-refractivity contribution in [2.24, 2.45) is 0 Å². The Labute approximate surface area is 161 Å².